The number of hydrogen-bond donors (Lipinski definition) is 2. The quantitative estimate of drug-likeness (QED) is 0.783. The van der Waals surface area contributed by atoms with E-state index in [0.717, 1.165) is 0 Å². The zero-order valence-corrected chi connectivity index (χ0v) is 9.19. The number of methoxy groups -OCH3 is 1. The Kier molecular flexibility index (Phi) is 4.28. The predicted molar refractivity (Wildman–Crippen MR) is 58.2 cm³/mol. The predicted octanol–water partition coefficient (Wildman–Crippen LogP) is 0.536. The molecule has 1 aromatic rings. The van der Waals surface area contributed by atoms with Crippen molar-refractivity contribution in [2.45, 2.75) is 13.5 Å². The average Bonchev–Trinajstić information content (AvgIpc) is 2.28. The van der Waals surface area contributed by atoms with Gasteiger partial charge in [0.05, 0.1) is 20.3 Å². The van der Waals surface area contributed by atoms with Crippen LogP contribution in [-0.4, -0.2) is 23.9 Å². The van der Waals surface area contributed by atoms with Gasteiger partial charge in [-0.3, -0.25) is 0 Å². The van der Waals surface area contributed by atoms with Crippen LogP contribution in [-0.2, 0) is 6.61 Å². The molecule has 0 spiro atoms. The minimum Gasteiger partial charge on any atom is -0.496 e. The molecule has 0 aliphatic carbocycles. The lowest BCUT2D eigenvalue weighted by Gasteiger charge is -2.07. The van der Waals surface area contributed by atoms with Crippen LogP contribution in [0.2, 0.25) is 0 Å². The third-order valence-electron chi connectivity index (χ3n) is 2.17. The summed E-state index contributed by atoms with van der Waals surface area (Å²) in [6.45, 7) is 1.13. The van der Waals surface area contributed by atoms with E-state index < -0.39 is 12.2 Å². The zero-order chi connectivity index (χ0) is 12.1. The van der Waals surface area contributed by atoms with Gasteiger partial charge < -0.3 is 19.4 Å². The topological polar surface area (TPSA) is 79.9 Å². The lowest BCUT2D eigenvalue weighted by atomic mass is 10.1. The lowest BCUT2D eigenvalue weighted by Crippen LogP contribution is -2.10. The third-order valence-corrected chi connectivity index (χ3v) is 2.17. The van der Waals surface area contributed by atoms with Gasteiger partial charge in [-0.2, -0.15) is 0 Å². The van der Waals surface area contributed by atoms with Crippen molar-refractivity contribution < 1.29 is 19.4 Å². The second-order valence-corrected chi connectivity index (χ2v) is 3.17. The summed E-state index contributed by atoms with van der Waals surface area (Å²) in [4.78, 5) is 11.5. The maximum Gasteiger partial charge on any atom is 0.345 e. The summed E-state index contributed by atoms with van der Waals surface area (Å²) in [5.74, 6) is 0.590. The third kappa shape index (κ3) is 2.50. The molecule has 0 aliphatic heterocycles. The van der Waals surface area contributed by atoms with Crippen LogP contribution in [0.25, 0.3) is 5.57 Å². The van der Waals surface area contributed by atoms with E-state index in [4.69, 9.17) is 19.4 Å². The van der Waals surface area contributed by atoms with E-state index in [1.807, 2.05) is 0 Å². The summed E-state index contributed by atoms with van der Waals surface area (Å²) in [6, 6.07) is 1.51. The highest BCUT2D eigenvalue weighted by Gasteiger charge is 2.12. The SMILES string of the molecule is COc1cc(/C(C)=C/CO)oc(=O)c1CO. The van der Waals surface area contributed by atoms with Crippen molar-refractivity contribution in [3.8, 4) is 5.75 Å². The molecule has 16 heavy (non-hydrogen) atoms. The highest BCUT2D eigenvalue weighted by Crippen LogP contribution is 2.21. The van der Waals surface area contributed by atoms with E-state index in [1.54, 1.807) is 6.92 Å². The fourth-order valence-corrected chi connectivity index (χ4v) is 1.25. The van der Waals surface area contributed by atoms with E-state index in [2.05, 4.69) is 0 Å². The van der Waals surface area contributed by atoms with Gasteiger partial charge in [0.1, 0.15) is 17.1 Å². The van der Waals surface area contributed by atoms with Crippen molar-refractivity contribution >= 4 is 5.57 Å². The van der Waals surface area contributed by atoms with Gasteiger partial charge in [0.25, 0.3) is 0 Å². The highest BCUT2D eigenvalue weighted by atomic mass is 16.5. The Morgan fingerprint density at radius 2 is 2.25 bits per heavy atom. The number of rotatable bonds is 4. The summed E-state index contributed by atoms with van der Waals surface area (Å²) >= 11 is 0. The summed E-state index contributed by atoms with van der Waals surface area (Å²) in [7, 11) is 1.41. The number of aliphatic hydroxyl groups excluding tert-OH is 2. The lowest BCUT2D eigenvalue weighted by molar-refractivity contribution is 0.264. The van der Waals surface area contributed by atoms with Crippen LogP contribution in [0.3, 0.4) is 0 Å². The molecule has 1 heterocycles. The van der Waals surface area contributed by atoms with Gasteiger partial charge in [0, 0.05) is 6.07 Å². The summed E-state index contributed by atoms with van der Waals surface area (Å²) in [5, 5.41) is 17.7. The monoisotopic (exact) mass is 226 g/mol. The first-order valence-corrected chi connectivity index (χ1v) is 4.74. The van der Waals surface area contributed by atoms with Gasteiger partial charge in [-0.05, 0) is 12.5 Å². The van der Waals surface area contributed by atoms with Crippen LogP contribution >= 0.6 is 0 Å². The first kappa shape index (κ1) is 12.5. The molecule has 5 nitrogen and oxygen atoms in total. The van der Waals surface area contributed by atoms with Gasteiger partial charge in [-0.25, -0.2) is 4.79 Å². The molecule has 0 radical (unpaired) electrons. The number of allylic oxidation sites excluding steroid dienone is 1. The minimum absolute atomic E-state index is 0.0862. The molecule has 1 aromatic heterocycles. The Labute approximate surface area is 92.6 Å². The maximum atomic E-state index is 11.5. The molecule has 88 valence electrons. The Morgan fingerprint density at radius 1 is 1.56 bits per heavy atom. The zero-order valence-electron chi connectivity index (χ0n) is 9.19. The number of aliphatic hydroxyl groups is 2. The highest BCUT2D eigenvalue weighted by molar-refractivity contribution is 5.60. The molecule has 5 heteroatoms. The molecule has 0 aliphatic rings. The largest absolute Gasteiger partial charge is 0.496 e. The molecule has 0 unspecified atom stereocenters. The van der Waals surface area contributed by atoms with E-state index in [1.165, 1.54) is 19.3 Å². The van der Waals surface area contributed by atoms with Crippen LogP contribution in [0.5, 0.6) is 5.75 Å². The van der Waals surface area contributed by atoms with Crippen LogP contribution in [0, 0.1) is 0 Å². The van der Waals surface area contributed by atoms with E-state index >= 15 is 0 Å². The maximum absolute atomic E-state index is 11.5. The molecular weight excluding hydrogens is 212 g/mol. The molecular formula is C11H14O5. The van der Waals surface area contributed by atoms with Crippen molar-refractivity contribution in [1.29, 1.82) is 0 Å². The van der Waals surface area contributed by atoms with Gasteiger partial charge in [0.2, 0.25) is 0 Å². The second-order valence-electron chi connectivity index (χ2n) is 3.17. The van der Waals surface area contributed by atoms with Crippen LogP contribution < -0.4 is 10.4 Å². The van der Waals surface area contributed by atoms with Crippen LogP contribution in [0.4, 0.5) is 0 Å². The van der Waals surface area contributed by atoms with Crippen LogP contribution in [0.15, 0.2) is 21.4 Å². The first-order chi connectivity index (χ1) is 7.63. The van der Waals surface area contributed by atoms with Crippen molar-refractivity contribution in [3.63, 3.8) is 0 Å². The number of hydrogen-bond acceptors (Lipinski definition) is 5. The van der Waals surface area contributed by atoms with Gasteiger partial charge >= 0.3 is 5.63 Å². The standard InChI is InChI=1S/C11H14O5/c1-7(3-4-12)9-5-10(15-2)8(6-13)11(14)16-9/h3,5,12-13H,4,6H2,1-2H3/b7-3+. The van der Waals surface area contributed by atoms with E-state index in [9.17, 15) is 4.79 Å². The first-order valence-electron chi connectivity index (χ1n) is 4.74. The average molecular weight is 226 g/mol. The summed E-state index contributed by atoms with van der Waals surface area (Å²) in [6.07, 6.45) is 1.51. The molecule has 0 saturated heterocycles. The van der Waals surface area contributed by atoms with Crippen molar-refractivity contribution in [3.05, 3.63) is 33.9 Å². The Bertz CT molecular complexity index is 444. The van der Waals surface area contributed by atoms with Crippen LogP contribution in [0.1, 0.15) is 18.2 Å². The second kappa shape index (κ2) is 5.48. The smallest absolute Gasteiger partial charge is 0.345 e. The molecule has 0 atom stereocenters. The molecule has 0 saturated carbocycles. The Morgan fingerprint density at radius 3 is 2.75 bits per heavy atom. The number of ether oxygens (including phenoxy) is 1. The van der Waals surface area contributed by atoms with Crippen molar-refractivity contribution in [2.75, 3.05) is 13.7 Å². The van der Waals surface area contributed by atoms with E-state index in [-0.39, 0.29) is 17.9 Å². The van der Waals surface area contributed by atoms with Crippen molar-refractivity contribution in [2.24, 2.45) is 0 Å². The molecule has 1 rings (SSSR count). The molecule has 0 amide bonds. The summed E-state index contributed by atoms with van der Waals surface area (Å²) in [5.41, 5.74) is 0.0768. The molecule has 2 N–H and O–H groups in total. The van der Waals surface area contributed by atoms with Gasteiger partial charge in [-0.1, -0.05) is 6.08 Å². The molecule has 0 aromatic carbocycles. The van der Waals surface area contributed by atoms with E-state index in [0.29, 0.717) is 11.3 Å². The Hall–Kier alpha value is -1.59. The normalized spacial score (nSPS) is 11.6. The van der Waals surface area contributed by atoms with Gasteiger partial charge in [-0.15, -0.1) is 0 Å². The fraction of sp³-hybridized carbons (Fsp3) is 0.364. The minimum atomic E-state index is -0.637. The Balaban J connectivity index is 3.31. The summed E-state index contributed by atoms with van der Waals surface area (Å²) < 4.78 is 9.96. The molecule has 0 bridgehead atoms. The molecule has 0 fully saturated rings. The van der Waals surface area contributed by atoms with Crippen molar-refractivity contribution in [1.82, 2.24) is 0 Å². The fourth-order valence-electron chi connectivity index (χ4n) is 1.25. The van der Waals surface area contributed by atoms with Gasteiger partial charge in [0.15, 0.2) is 0 Å².